The summed E-state index contributed by atoms with van der Waals surface area (Å²) in [5.74, 6) is 1.41. The van der Waals surface area contributed by atoms with E-state index in [9.17, 15) is 4.79 Å². The highest BCUT2D eigenvalue weighted by molar-refractivity contribution is 14.0. The number of guanidine groups is 1. The van der Waals surface area contributed by atoms with Crippen LogP contribution in [0.4, 0.5) is 0 Å². The summed E-state index contributed by atoms with van der Waals surface area (Å²) in [5.41, 5.74) is 1.78. The zero-order valence-corrected chi connectivity index (χ0v) is 18.9. The summed E-state index contributed by atoms with van der Waals surface area (Å²) >= 11 is 0. The van der Waals surface area contributed by atoms with Gasteiger partial charge in [-0.15, -0.1) is 24.0 Å². The normalized spacial score (nSPS) is 11.1. The van der Waals surface area contributed by atoms with E-state index in [1.165, 1.54) is 0 Å². The second-order valence-corrected chi connectivity index (χ2v) is 6.54. The Balaban J connectivity index is 0.00000625. The third kappa shape index (κ3) is 9.96. The molecule has 0 aliphatic carbocycles. The van der Waals surface area contributed by atoms with Crippen LogP contribution in [-0.4, -0.2) is 57.7 Å². The summed E-state index contributed by atoms with van der Waals surface area (Å²) in [7, 11) is 5.24. The van der Waals surface area contributed by atoms with Gasteiger partial charge in [-0.1, -0.05) is 26.0 Å². The van der Waals surface area contributed by atoms with E-state index >= 15 is 0 Å². The maximum atomic E-state index is 11.9. The summed E-state index contributed by atoms with van der Waals surface area (Å²) in [6, 6.07) is 7.59. The standard InChI is InChI=1S/C19H32N4O2.HI/c1-15(2)10-12-25-13-11-21-19(20-3)22-14-16-6-8-17(9-7-16)18(24)23(4)5;/h6-9,15H,10-14H2,1-5H3,(H2,20,21,22);1H. The molecule has 26 heavy (non-hydrogen) atoms. The first-order chi connectivity index (χ1) is 11.9. The number of hydrogen-bond donors (Lipinski definition) is 2. The molecule has 0 atom stereocenters. The first kappa shape index (κ1) is 24.7. The number of hydrogen-bond acceptors (Lipinski definition) is 3. The predicted octanol–water partition coefficient (Wildman–Crippen LogP) is 2.73. The maximum Gasteiger partial charge on any atom is 0.253 e. The van der Waals surface area contributed by atoms with Crippen molar-refractivity contribution < 1.29 is 9.53 Å². The van der Waals surface area contributed by atoms with Gasteiger partial charge in [-0.3, -0.25) is 9.79 Å². The SMILES string of the molecule is CN=C(NCCOCCC(C)C)NCc1ccc(C(=O)N(C)C)cc1.I. The Morgan fingerprint density at radius 1 is 1.15 bits per heavy atom. The van der Waals surface area contributed by atoms with Crippen molar-refractivity contribution in [3.05, 3.63) is 35.4 Å². The molecule has 2 N–H and O–H groups in total. The lowest BCUT2D eigenvalue weighted by Crippen LogP contribution is -2.38. The van der Waals surface area contributed by atoms with E-state index in [0.717, 1.165) is 24.6 Å². The van der Waals surface area contributed by atoms with Gasteiger partial charge in [0.2, 0.25) is 0 Å². The monoisotopic (exact) mass is 476 g/mol. The second kappa shape index (κ2) is 13.8. The average Bonchev–Trinajstić information content (AvgIpc) is 2.60. The zero-order chi connectivity index (χ0) is 18.7. The Hall–Kier alpha value is -1.35. The fraction of sp³-hybridized carbons (Fsp3) is 0.579. The van der Waals surface area contributed by atoms with Crippen LogP contribution < -0.4 is 10.6 Å². The number of ether oxygens (including phenoxy) is 1. The number of nitrogens with zero attached hydrogens (tertiary/aromatic N) is 2. The Morgan fingerprint density at radius 2 is 1.81 bits per heavy atom. The summed E-state index contributed by atoms with van der Waals surface area (Å²) in [6.45, 7) is 7.20. The molecule has 0 radical (unpaired) electrons. The van der Waals surface area contributed by atoms with Gasteiger partial charge in [0.15, 0.2) is 5.96 Å². The molecule has 1 amide bonds. The van der Waals surface area contributed by atoms with Crippen molar-refractivity contribution in [1.82, 2.24) is 15.5 Å². The van der Waals surface area contributed by atoms with Gasteiger partial charge in [0, 0.05) is 46.4 Å². The van der Waals surface area contributed by atoms with Crippen molar-refractivity contribution in [3.63, 3.8) is 0 Å². The first-order valence-corrected chi connectivity index (χ1v) is 8.77. The lowest BCUT2D eigenvalue weighted by molar-refractivity contribution is 0.0827. The number of halogens is 1. The van der Waals surface area contributed by atoms with Crippen molar-refractivity contribution in [2.45, 2.75) is 26.8 Å². The van der Waals surface area contributed by atoms with Crippen molar-refractivity contribution in [1.29, 1.82) is 0 Å². The molecule has 0 fully saturated rings. The van der Waals surface area contributed by atoms with Crippen LogP contribution in [0.1, 0.15) is 36.2 Å². The molecule has 0 bridgehead atoms. The largest absolute Gasteiger partial charge is 0.380 e. The Labute approximate surface area is 174 Å². The summed E-state index contributed by atoms with van der Waals surface area (Å²) in [6.07, 6.45) is 1.08. The van der Waals surface area contributed by atoms with E-state index in [1.54, 1.807) is 26.0 Å². The Bertz CT molecular complexity index is 545. The average molecular weight is 476 g/mol. The lowest BCUT2D eigenvalue weighted by Gasteiger charge is -2.13. The number of benzene rings is 1. The van der Waals surface area contributed by atoms with Gasteiger partial charge in [-0.25, -0.2) is 0 Å². The molecule has 148 valence electrons. The van der Waals surface area contributed by atoms with Gasteiger partial charge in [0.1, 0.15) is 0 Å². The predicted molar refractivity (Wildman–Crippen MR) is 118 cm³/mol. The minimum Gasteiger partial charge on any atom is -0.380 e. The highest BCUT2D eigenvalue weighted by Gasteiger charge is 2.07. The molecule has 0 saturated heterocycles. The lowest BCUT2D eigenvalue weighted by atomic mass is 10.1. The quantitative estimate of drug-likeness (QED) is 0.249. The molecule has 0 spiro atoms. The van der Waals surface area contributed by atoms with Gasteiger partial charge >= 0.3 is 0 Å². The Morgan fingerprint density at radius 3 is 2.35 bits per heavy atom. The van der Waals surface area contributed by atoms with E-state index in [-0.39, 0.29) is 29.9 Å². The molecule has 7 heteroatoms. The van der Waals surface area contributed by atoms with Crippen LogP contribution in [0.15, 0.2) is 29.3 Å². The number of aliphatic imine (C=N–C) groups is 1. The molecule has 0 unspecified atom stereocenters. The van der Waals surface area contributed by atoms with Crippen LogP contribution >= 0.6 is 24.0 Å². The fourth-order valence-corrected chi connectivity index (χ4v) is 2.09. The molecule has 0 saturated carbocycles. The Kier molecular flexibility index (Phi) is 13.1. The molecule has 0 aliphatic heterocycles. The van der Waals surface area contributed by atoms with E-state index in [4.69, 9.17) is 4.74 Å². The van der Waals surface area contributed by atoms with Crippen molar-refractivity contribution in [3.8, 4) is 0 Å². The number of amides is 1. The first-order valence-electron chi connectivity index (χ1n) is 8.77. The van der Waals surface area contributed by atoms with Crippen LogP contribution in [0.2, 0.25) is 0 Å². The van der Waals surface area contributed by atoms with Crippen LogP contribution in [0, 0.1) is 5.92 Å². The molecule has 1 aromatic carbocycles. The maximum absolute atomic E-state index is 11.9. The van der Waals surface area contributed by atoms with Gasteiger partial charge in [0.05, 0.1) is 6.61 Å². The van der Waals surface area contributed by atoms with Crippen LogP contribution in [0.25, 0.3) is 0 Å². The van der Waals surface area contributed by atoms with Crippen molar-refractivity contribution in [2.24, 2.45) is 10.9 Å². The smallest absolute Gasteiger partial charge is 0.253 e. The van der Waals surface area contributed by atoms with Gasteiger partial charge in [-0.2, -0.15) is 0 Å². The molecule has 0 aliphatic rings. The highest BCUT2D eigenvalue weighted by atomic mass is 127. The van der Waals surface area contributed by atoms with E-state index < -0.39 is 0 Å². The van der Waals surface area contributed by atoms with Crippen LogP contribution in [0.3, 0.4) is 0 Å². The highest BCUT2D eigenvalue weighted by Crippen LogP contribution is 2.06. The third-order valence-corrected chi connectivity index (χ3v) is 3.67. The van der Waals surface area contributed by atoms with E-state index in [1.807, 2.05) is 24.3 Å². The van der Waals surface area contributed by atoms with Gasteiger partial charge < -0.3 is 20.3 Å². The third-order valence-electron chi connectivity index (χ3n) is 3.67. The summed E-state index contributed by atoms with van der Waals surface area (Å²) in [5, 5.41) is 6.48. The molecule has 1 rings (SSSR count). The summed E-state index contributed by atoms with van der Waals surface area (Å²) in [4.78, 5) is 17.6. The van der Waals surface area contributed by atoms with Crippen molar-refractivity contribution >= 4 is 35.8 Å². The molecule has 1 aromatic rings. The molecule has 6 nitrogen and oxygen atoms in total. The topological polar surface area (TPSA) is 66.0 Å². The fourth-order valence-electron chi connectivity index (χ4n) is 2.09. The van der Waals surface area contributed by atoms with E-state index in [2.05, 4.69) is 29.5 Å². The van der Waals surface area contributed by atoms with Crippen LogP contribution in [-0.2, 0) is 11.3 Å². The molecule has 0 aromatic heterocycles. The second-order valence-electron chi connectivity index (χ2n) is 6.54. The summed E-state index contributed by atoms with van der Waals surface area (Å²) < 4.78 is 5.58. The number of nitrogens with one attached hydrogen (secondary N) is 2. The number of carbonyl (C=O) groups excluding carboxylic acids is 1. The minimum atomic E-state index is 0. The minimum absolute atomic E-state index is 0. The molecular weight excluding hydrogens is 443 g/mol. The van der Waals surface area contributed by atoms with Crippen LogP contribution in [0.5, 0.6) is 0 Å². The van der Waals surface area contributed by atoms with Crippen molar-refractivity contribution in [2.75, 3.05) is 40.9 Å². The number of rotatable bonds is 9. The van der Waals surface area contributed by atoms with E-state index in [0.29, 0.717) is 31.2 Å². The molecule has 0 heterocycles. The zero-order valence-electron chi connectivity index (χ0n) is 16.5. The van der Waals surface area contributed by atoms with Gasteiger partial charge in [-0.05, 0) is 30.0 Å². The molecular formula is C19H33IN4O2. The van der Waals surface area contributed by atoms with Gasteiger partial charge in [0.25, 0.3) is 5.91 Å². The number of carbonyl (C=O) groups is 1.